The van der Waals surface area contributed by atoms with Crippen molar-refractivity contribution >= 4 is 28.2 Å². The maximum atomic E-state index is 5.46. The van der Waals surface area contributed by atoms with Gasteiger partial charge < -0.3 is 15.2 Å². The molecule has 0 radical (unpaired) electrons. The number of aromatic nitrogens is 1. The maximum Gasteiger partial charge on any atom is 0.169 e. The molecule has 0 atom stereocenters. The number of benzene rings is 1. The van der Waals surface area contributed by atoms with Crippen LogP contribution in [0.15, 0.2) is 30.9 Å². The molecular formula is C17H21N3S. The Kier molecular flexibility index (Phi) is 3.97. The van der Waals surface area contributed by atoms with Crippen LogP contribution in [-0.2, 0) is 12.8 Å². The number of nitrogens with zero attached hydrogens (tertiary/aromatic N) is 1. The molecule has 1 aromatic carbocycles. The summed E-state index contributed by atoms with van der Waals surface area (Å²) in [7, 11) is 0. The summed E-state index contributed by atoms with van der Waals surface area (Å²) >= 11 is 5.46. The zero-order chi connectivity index (χ0) is 14.8. The summed E-state index contributed by atoms with van der Waals surface area (Å²) < 4.78 is 0. The highest BCUT2D eigenvalue weighted by Gasteiger charge is 2.19. The predicted octanol–water partition coefficient (Wildman–Crippen LogP) is 2.94. The van der Waals surface area contributed by atoms with Crippen LogP contribution < -0.4 is 5.32 Å². The Bertz CT molecular complexity index is 687. The Morgan fingerprint density at radius 2 is 2.24 bits per heavy atom. The summed E-state index contributed by atoms with van der Waals surface area (Å²) in [6.45, 7) is 8.52. The first-order chi connectivity index (χ1) is 10.2. The molecule has 1 aromatic heterocycles. The molecule has 1 aliphatic rings. The first-order valence-corrected chi connectivity index (χ1v) is 7.83. The predicted molar refractivity (Wildman–Crippen MR) is 92.8 cm³/mol. The van der Waals surface area contributed by atoms with Crippen molar-refractivity contribution in [1.29, 1.82) is 0 Å². The van der Waals surface area contributed by atoms with Crippen molar-refractivity contribution in [2.24, 2.45) is 0 Å². The fourth-order valence-electron chi connectivity index (χ4n) is 3.00. The molecule has 3 nitrogen and oxygen atoms in total. The van der Waals surface area contributed by atoms with Gasteiger partial charge in [0, 0.05) is 42.7 Å². The van der Waals surface area contributed by atoms with E-state index in [-0.39, 0.29) is 0 Å². The van der Waals surface area contributed by atoms with Crippen LogP contribution >= 0.6 is 12.2 Å². The van der Waals surface area contributed by atoms with Gasteiger partial charge in [-0.3, -0.25) is 0 Å². The van der Waals surface area contributed by atoms with Gasteiger partial charge in [-0.15, -0.1) is 6.58 Å². The summed E-state index contributed by atoms with van der Waals surface area (Å²) in [5.41, 5.74) is 5.40. The number of aryl methyl sites for hydroxylation is 1. The quantitative estimate of drug-likeness (QED) is 0.660. The number of aromatic amines is 1. The van der Waals surface area contributed by atoms with E-state index >= 15 is 0 Å². The fourth-order valence-corrected chi connectivity index (χ4v) is 3.26. The molecule has 0 bridgehead atoms. The van der Waals surface area contributed by atoms with Crippen molar-refractivity contribution < 1.29 is 0 Å². The van der Waals surface area contributed by atoms with Crippen molar-refractivity contribution in [2.75, 3.05) is 19.6 Å². The summed E-state index contributed by atoms with van der Waals surface area (Å²) in [5, 5.41) is 5.43. The lowest BCUT2D eigenvalue weighted by atomic mass is 10.1. The van der Waals surface area contributed by atoms with Gasteiger partial charge in [0.05, 0.1) is 0 Å². The van der Waals surface area contributed by atoms with Gasteiger partial charge >= 0.3 is 0 Å². The molecule has 0 fully saturated rings. The second-order valence-corrected chi connectivity index (χ2v) is 5.98. The van der Waals surface area contributed by atoms with Crippen molar-refractivity contribution in [3.63, 3.8) is 0 Å². The Labute approximate surface area is 131 Å². The number of rotatable bonds is 2. The second kappa shape index (κ2) is 5.90. The normalized spacial score (nSPS) is 14.6. The van der Waals surface area contributed by atoms with Gasteiger partial charge in [-0.1, -0.05) is 17.7 Å². The largest absolute Gasteiger partial charge is 0.359 e. The van der Waals surface area contributed by atoms with E-state index in [1.165, 1.54) is 27.7 Å². The van der Waals surface area contributed by atoms with Gasteiger partial charge in [0.1, 0.15) is 0 Å². The molecule has 2 aromatic rings. The Morgan fingerprint density at radius 1 is 1.43 bits per heavy atom. The SMILES string of the molecule is C=CCNC(=S)N1CCc2[nH]c3ccc(C)cc3c2CC1. The number of H-pyrrole nitrogens is 1. The molecule has 2 heterocycles. The topological polar surface area (TPSA) is 31.1 Å². The zero-order valence-electron chi connectivity index (χ0n) is 12.4. The molecule has 0 saturated heterocycles. The number of fused-ring (bicyclic) bond motifs is 3. The minimum Gasteiger partial charge on any atom is -0.359 e. The van der Waals surface area contributed by atoms with Gasteiger partial charge in [-0.25, -0.2) is 0 Å². The lowest BCUT2D eigenvalue weighted by Crippen LogP contribution is -2.41. The highest BCUT2D eigenvalue weighted by molar-refractivity contribution is 7.80. The monoisotopic (exact) mass is 299 g/mol. The van der Waals surface area contributed by atoms with Crippen LogP contribution in [0.25, 0.3) is 10.9 Å². The van der Waals surface area contributed by atoms with Gasteiger partial charge in [0.2, 0.25) is 0 Å². The summed E-state index contributed by atoms with van der Waals surface area (Å²) in [6.07, 6.45) is 3.89. The first kappa shape index (κ1) is 14.1. The fraction of sp³-hybridized carbons (Fsp3) is 0.353. The van der Waals surface area contributed by atoms with Crippen LogP contribution in [0.3, 0.4) is 0 Å². The number of thiocarbonyl (C=S) groups is 1. The molecule has 0 saturated carbocycles. The van der Waals surface area contributed by atoms with Crippen molar-refractivity contribution in [1.82, 2.24) is 15.2 Å². The third kappa shape index (κ3) is 2.81. The lowest BCUT2D eigenvalue weighted by molar-refractivity contribution is 0.432. The van der Waals surface area contributed by atoms with Crippen LogP contribution in [0.1, 0.15) is 16.8 Å². The van der Waals surface area contributed by atoms with Crippen LogP contribution in [0, 0.1) is 6.92 Å². The van der Waals surface area contributed by atoms with E-state index in [4.69, 9.17) is 12.2 Å². The average Bonchev–Trinajstić information content (AvgIpc) is 2.68. The van der Waals surface area contributed by atoms with Crippen LogP contribution in [0.5, 0.6) is 0 Å². The Hall–Kier alpha value is -1.81. The standard InChI is InChI=1S/C17H21N3S/c1-3-8-18-17(21)20-9-6-13-14-11-12(2)4-5-15(14)19-16(13)7-10-20/h3-5,11,19H,1,6-10H2,2H3,(H,18,21). The van der Waals surface area contributed by atoms with E-state index < -0.39 is 0 Å². The van der Waals surface area contributed by atoms with Crippen LogP contribution in [0.2, 0.25) is 0 Å². The van der Waals surface area contributed by atoms with Crippen molar-refractivity contribution in [3.8, 4) is 0 Å². The minimum atomic E-state index is 0.725. The molecule has 0 unspecified atom stereocenters. The molecule has 0 aliphatic carbocycles. The zero-order valence-corrected chi connectivity index (χ0v) is 13.2. The summed E-state index contributed by atoms with van der Waals surface area (Å²) in [4.78, 5) is 5.84. The van der Waals surface area contributed by atoms with E-state index in [2.05, 4.69) is 46.9 Å². The molecule has 1 aliphatic heterocycles. The van der Waals surface area contributed by atoms with Crippen LogP contribution in [0.4, 0.5) is 0 Å². The number of hydrogen-bond donors (Lipinski definition) is 2. The molecule has 2 N–H and O–H groups in total. The van der Waals surface area contributed by atoms with Gasteiger partial charge in [-0.05, 0) is 43.3 Å². The molecule has 3 rings (SSSR count). The van der Waals surface area contributed by atoms with E-state index in [9.17, 15) is 0 Å². The summed E-state index contributed by atoms with van der Waals surface area (Å²) in [6, 6.07) is 6.64. The minimum absolute atomic E-state index is 0.725. The Morgan fingerprint density at radius 3 is 3.05 bits per heavy atom. The van der Waals surface area contributed by atoms with E-state index in [0.717, 1.165) is 37.6 Å². The highest BCUT2D eigenvalue weighted by atomic mass is 32.1. The average molecular weight is 299 g/mol. The highest BCUT2D eigenvalue weighted by Crippen LogP contribution is 2.26. The molecular weight excluding hydrogens is 278 g/mol. The van der Waals surface area contributed by atoms with E-state index in [1.54, 1.807) is 0 Å². The first-order valence-electron chi connectivity index (χ1n) is 7.43. The summed E-state index contributed by atoms with van der Waals surface area (Å²) in [5.74, 6) is 0. The Balaban J connectivity index is 1.82. The number of nitrogens with one attached hydrogen (secondary N) is 2. The smallest absolute Gasteiger partial charge is 0.169 e. The molecule has 0 amide bonds. The van der Waals surface area contributed by atoms with Crippen molar-refractivity contribution in [3.05, 3.63) is 47.7 Å². The third-order valence-electron chi connectivity index (χ3n) is 4.10. The van der Waals surface area contributed by atoms with E-state index in [1.807, 2.05) is 6.08 Å². The maximum absolute atomic E-state index is 5.46. The van der Waals surface area contributed by atoms with Gasteiger partial charge in [0.25, 0.3) is 0 Å². The second-order valence-electron chi connectivity index (χ2n) is 5.59. The molecule has 4 heteroatoms. The van der Waals surface area contributed by atoms with Gasteiger partial charge in [-0.2, -0.15) is 0 Å². The lowest BCUT2D eigenvalue weighted by Gasteiger charge is -2.23. The van der Waals surface area contributed by atoms with Crippen LogP contribution in [-0.4, -0.2) is 34.6 Å². The molecule has 110 valence electrons. The van der Waals surface area contributed by atoms with Crippen molar-refractivity contribution in [2.45, 2.75) is 19.8 Å². The van der Waals surface area contributed by atoms with Gasteiger partial charge in [0.15, 0.2) is 5.11 Å². The third-order valence-corrected chi connectivity index (χ3v) is 4.50. The van der Waals surface area contributed by atoms with E-state index in [0.29, 0.717) is 0 Å². The molecule has 0 spiro atoms. The molecule has 21 heavy (non-hydrogen) atoms. The number of hydrogen-bond acceptors (Lipinski definition) is 1.